The predicted octanol–water partition coefficient (Wildman–Crippen LogP) is 5.11. The van der Waals surface area contributed by atoms with Gasteiger partial charge in [-0.1, -0.05) is 45.4 Å². The zero-order valence-corrected chi connectivity index (χ0v) is 13.4. The van der Waals surface area contributed by atoms with Gasteiger partial charge in [-0.2, -0.15) is 0 Å². The Hall–Kier alpha value is -0.730. The van der Waals surface area contributed by atoms with Crippen molar-refractivity contribution in [3.8, 4) is 0 Å². The van der Waals surface area contributed by atoms with E-state index in [-0.39, 0.29) is 5.41 Å². The van der Waals surface area contributed by atoms with Crippen molar-refractivity contribution in [1.29, 1.82) is 0 Å². The Bertz CT molecular complexity index is 585. The summed E-state index contributed by atoms with van der Waals surface area (Å²) in [6.07, 6.45) is 0. The van der Waals surface area contributed by atoms with Crippen LogP contribution in [0.3, 0.4) is 0 Å². The van der Waals surface area contributed by atoms with Crippen molar-refractivity contribution in [2.24, 2.45) is 11.3 Å². The van der Waals surface area contributed by atoms with Gasteiger partial charge < -0.3 is 4.57 Å². The highest BCUT2D eigenvalue weighted by Gasteiger charge is 2.25. The van der Waals surface area contributed by atoms with E-state index in [0.29, 0.717) is 11.8 Å². The average molecular weight is 299 g/mol. The summed E-state index contributed by atoms with van der Waals surface area (Å²) in [5, 5.41) is 0.737. The quantitative estimate of drug-likeness (QED) is 0.717. The van der Waals surface area contributed by atoms with E-state index in [2.05, 4.69) is 37.2 Å². The highest BCUT2D eigenvalue weighted by atomic mass is 35.5. The minimum atomic E-state index is 0.160. The third-order valence-corrected chi connectivity index (χ3v) is 4.59. The number of rotatable bonds is 4. The zero-order valence-electron chi connectivity index (χ0n) is 11.9. The van der Waals surface area contributed by atoms with Crippen LogP contribution in [0.5, 0.6) is 0 Å². The summed E-state index contributed by atoms with van der Waals surface area (Å²) in [6.45, 7) is 9.87. The van der Waals surface area contributed by atoms with Crippen molar-refractivity contribution in [2.45, 2.75) is 40.1 Å². The molecule has 0 aliphatic carbocycles. The fourth-order valence-electron chi connectivity index (χ4n) is 2.05. The van der Waals surface area contributed by atoms with Gasteiger partial charge in [-0.3, -0.25) is 0 Å². The highest BCUT2D eigenvalue weighted by Crippen LogP contribution is 2.33. The summed E-state index contributed by atoms with van der Waals surface area (Å²) >= 11 is 12.4. The van der Waals surface area contributed by atoms with Crippen LogP contribution in [0.15, 0.2) is 18.2 Å². The molecule has 0 amide bonds. The maximum absolute atomic E-state index is 6.34. The van der Waals surface area contributed by atoms with Gasteiger partial charge in [0.15, 0.2) is 0 Å². The van der Waals surface area contributed by atoms with Gasteiger partial charge >= 0.3 is 0 Å². The Kier molecular flexibility index (Phi) is 4.12. The maximum atomic E-state index is 6.34. The van der Waals surface area contributed by atoms with Crippen molar-refractivity contribution in [3.05, 3.63) is 29.0 Å². The van der Waals surface area contributed by atoms with Gasteiger partial charge in [0, 0.05) is 6.54 Å². The monoisotopic (exact) mass is 298 g/mol. The number of hydrogen-bond acceptors (Lipinski definition) is 1. The molecule has 0 saturated heterocycles. The number of benzene rings is 1. The van der Waals surface area contributed by atoms with Gasteiger partial charge in [-0.05, 0) is 23.5 Å². The van der Waals surface area contributed by atoms with Crippen molar-refractivity contribution < 1.29 is 0 Å². The first kappa shape index (κ1) is 14.7. The number of hydrogen-bond donors (Lipinski definition) is 0. The number of nitrogens with zero attached hydrogens (tertiary/aromatic N) is 2. The lowest BCUT2D eigenvalue weighted by atomic mass is 9.81. The van der Waals surface area contributed by atoms with E-state index in [1.165, 1.54) is 0 Å². The molecule has 0 unspecified atom stereocenters. The van der Waals surface area contributed by atoms with Gasteiger partial charge in [-0.25, -0.2) is 4.98 Å². The molecule has 0 saturated carbocycles. The summed E-state index contributed by atoms with van der Waals surface area (Å²) in [5.74, 6) is 1.85. The Morgan fingerprint density at radius 1 is 1.32 bits per heavy atom. The largest absolute Gasteiger partial charge is 0.325 e. The molecule has 0 aliphatic heterocycles. The number of para-hydroxylation sites is 1. The standard InChI is InChI=1S/C15H20Cl2N2/c1-10(2)15(3,4)9-19-13(8-16)18-12-7-5-6-11(17)14(12)19/h5-7,10H,8-9H2,1-4H3. The van der Waals surface area contributed by atoms with E-state index in [1.54, 1.807) is 0 Å². The second-order valence-electron chi connectivity index (χ2n) is 6.00. The molecule has 0 atom stereocenters. The third kappa shape index (κ3) is 2.75. The van der Waals surface area contributed by atoms with Gasteiger partial charge in [0.05, 0.1) is 21.9 Å². The Morgan fingerprint density at radius 3 is 2.58 bits per heavy atom. The summed E-state index contributed by atoms with van der Waals surface area (Å²) in [4.78, 5) is 4.58. The molecular weight excluding hydrogens is 279 g/mol. The Balaban J connectivity index is 2.58. The molecule has 0 N–H and O–H groups in total. The van der Waals surface area contributed by atoms with Crippen molar-refractivity contribution in [1.82, 2.24) is 9.55 Å². The van der Waals surface area contributed by atoms with Gasteiger partial charge in [0.2, 0.25) is 0 Å². The SMILES string of the molecule is CC(C)C(C)(C)Cn1c(CCl)nc2cccc(Cl)c21. The minimum Gasteiger partial charge on any atom is -0.325 e. The first-order valence-electron chi connectivity index (χ1n) is 6.56. The molecule has 1 aromatic carbocycles. The maximum Gasteiger partial charge on any atom is 0.124 e. The smallest absolute Gasteiger partial charge is 0.124 e. The van der Waals surface area contributed by atoms with Crippen molar-refractivity contribution in [2.75, 3.05) is 0 Å². The molecule has 0 fully saturated rings. The van der Waals surface area contributed by atoms with E-state index in [9.17, 15) is 0 Å². The fraction of sp³-hybridized carbons (Fsp3) is 0.533. The third-order valence-electron chi connectivity index (χ3n) is 4.04. The molecule has 2 rings (SSSR count). The van der Waals surface area contributed by atoms with Crippen LogP contribution in [-0.2, 0) is 12.4 Å². The van der Waals surface area contributed by atoms with Crippen LogP contribution >= 0.6 is 23.2 Å². The first-order chi connectivity index (χ1) is 8.86. The molecule has 0 aliphatic rings. The summed E-state index contributed by atoms with van der Waals surface area (Å²) in [7, 11) is 0. The number of fused-ring (bicyclic) bond motifs is 1. The summed E-state index contributed by atoms with van der Waals surface area (Å²) in [5.41, 5.74) is 2.07. The van der Waals surface area contributed by atoms with Gasteiger partial charge in [-0.15, -0.1) is 11.6 Å². The fourth-order valence-corrected chi connectivity index (χ4v) is 2.53. The van der Waals surface area contributed by atoms with Crippen LogP contribution in [-0.4, -0.2) is 9.55 Å². The zero-order chi connectivity index (χ0) is 14.2. The van der Waals surface area contributed by atoms with Gasteiger partial charge in [0.25, 0.3) is 0 Å². The minimum absolute atomic E-state index is 0.160. The van der Waals surface area contributed by atoms with Crippen LogP contribution in [0.25, 0.3) is 11.0 Å². The lowest BCUT2D eigenvalue weighted by molar-refractivity contribution is 0.211. The van der Waals surface area contributed by atoms with Crippen LogP contribution in [0, 0.1) is 11.3 Å². The molecule has 0 spiro atoms. The Labute approximate surface area is 124 Å². The van der Waals surface area contributed by atoms with E-state index < -0.39 is 0 Å². The number of halogens is 2. The number of imidazole rings is 1. The van der Waals surface area contributed by atoms with Crippen molar-refractivity contribution in [3.63, 3.8) is 0 Å². The second-order valence-corrected chi connectivity index (χ2v) is 6.67. The molecule has 104 valence electrons. The van der Waals surface area contributed by atoms with Gasteiger partial charge in [0.1, 0.15) is 5.82 Å². The molecule has 19 heavy (non-hydrogen) atoms. The molecule has 2 aromatic rings. The predicted molar refractivity (Wildman–Crippen MR) is 82.9 cm³/mol. The first-order valence-corrected chi connectivity index (χ1v) is 7.47. The second kappa shape index (κ2) is 5.34. The van der Waals surface area contributed by atoms with Crippen LogP contribution < -0.4 is 0 Å². The molecule has 0 radical (unpaired) electrons. The molecule has 0 bridgehead atoms. The van der Waals surface area contributed by atoms with Crippen molar-refractivity contribution >= 4 is 34.2 Å². The van der Waals surface area contributed by atoms with E-state index in [1.807, 2.05) is 18.2 Å². The summed E-state index contributed by atoms with van der Waals surface area (Å²) in [6, 6.07) is 5.81. The van der Waals surface area contributed by atoms with Crippen LogP contribution in [0.2, 0.25) is 5.02 Å². The summed E-state index contributed by atoms with van der Waals surface area (Å²) < 4.78 is 2.17. The van der Waals surface area contributed by atoms with E-state index >= 15 is 0 Å². The Morgan fingerprint density at radius 2 is 2.00 bits per heavy atom. The molecule has 1 aromatic heterocycles. The molecule has 1 heterocycles. The van der Waals surface area contributed by atoms with Crippen LogP contribution in [0.4, 0.5) is 0 Å². The lowest BCUT2D eigenvalue weighted by Gasteiger charge is -2.30. The van der Waals surface area contributed by atoms with E-state index in [4.69, 9.17) is 23.2 Å². The average Bonchev–Trinajstić information content (AvgIpc) is 2.68. The number of alkyl halides is 1. The lowest BCUT2D eigenvalue weighted by Crippen LogP contribution is -2.26. The number of aromatic nitrogens is 2. The van der Waals surface area contributed by atoms with Crippen LogP contribution in [0.1, 0.15) is 33.5 Å². The molecule has 2 nitrogen and oxygen atoms in total. The normalized spacial score (nSPS) is 12.6. The topological polar surface area (TPSA) is 17.8 Å². The molecular formula is C15H20Cl2N2. The molecule has 4 heteroatoms. The van der Waals surface area contributed by atoms with E-state index in [0.717, 1.165) is 28.4 Å². The highest BCUT2D eigenvalue weighted by molar-refractivity contribution is 6.35.